The number of aromatic carboxylic acids is 1. The van der Waals surface area contributed by atoms with E-state index in [1.807, 2.05) is 0 Å². The molecule has 1 aromatic heterocycles. The second-order valence-electron chi connectivity index (χ2n) is 6.77. The number of pyridine rings is 1. The first kappa shape index (κ1) is 22.9. The SMILES string of the molecule is CCn1c(Cc2ccc(C(F)(F)F)cc2)cc(=O)c(C(=O)O)c1-c1ccc(Cl)c(Cl)c1. The van der Waals surface area contributed by atoms with Crippen LogP contribution >= 0.6 is 23.2 Å². The van der Waals surface area contributed by atoms with Crippen molar-refractivity contribution in [2.24, 2.45) is 0 Å². The zero-order chi connectivity index (χ0) is 22.9. The van der Waals surface area contributed by atoms with Crippen LogP contribution in [0.2, 0.25) is 10.0 Å². The van der Waals surface area contributed by atoms with Crippen LogP contribution in [-0.2, 0) is 19.1 Å². The number of hydrogen-bond acceptors (Lipinski definition) is 2. The van der Waals surface area contributed by atoms with Gasteiger partial charge in [-0.05, 0) is 36.8 Å². The molecule has 0 saturated carbocycles. The highest BCUT2D eigenvalue weighted by Gasteiger charge is 2.30. The molecule has 0 amide bonds. The standard InChI is InChI=1S/C22H16Cl2F3NO3/c1-2-28-15(9-12-3-6-14(7-4-12)22(25,26)27)11-18(29)19(21(30)31)20(28)13-5-8-16(23)17(24)10-13/h3-8,10-11H,2,9H2,1H3,(H,30,31). The van der Waals surface area contributed by atoms with E-state index in [2.05, 4.69) is 0 Å². The largest absolute Gasteiger partial charge is 0.477 e. The molecule has 0 aliphatic rings. The average Bonchev–Trinajstić information content (AvgIpc) is 2.69. The molecule has 2 aromatic carbocycles. The van der Waals surface area contributed by atoms with Crippen LogP contribution in [0.15, 0.2) is 53.3 Å². The Balaban J connectivity index is 2.18. The van der Waals surface area contributed by atoms with Gasteiger partial charge in [0.05, 0.1) is 21.3 Å². The third-order valence-electron chi connectivity index (χ3n) is 4.79. The Labute approximate surface area is 185 Å². The highest BCUT2D eigenvalue weighted by Crippen LogP contribution is 2.32. The third kappa shape index (κ3) is 4.78. The summed E-state index contributed by atoms with van der Waals surface area (Å²) in [5.41, 5.74) is -0.363. The molecule has 0 spiro atoms. The van der Waals surface area contributed by atoms with Crippen molar-refractivity contribution in [1.82, 2.24) is 4.57 Å². The summed E-state index contributed by atoms with van der Waals surface area (Å²) in [5.74, 6) is -1.39. The average molecular weight is 470 g/mol. The van der Waals surface area contributed by atoms with Crippen LogP contribution in [0.4, 0.5) is 13.2 Å². The molecule has 0 atom stereocenters. The van der Waals surface area contributed by atoms with Crippen LogP contribution in [0.3, 0.4) is 0 Å². The number of benzene rings is 2. The topological polar surface area (TPSA) is 59.3 Å². The van der Waals surface area contributed by atoms with E-state index < -0.39 is 28.7 Å². The zero-order valence-electron chi connectivity index (χ0n) is 16.1. The van der Waals surface area contributed by atoms with Gasteiger partial charge in [-0.2, -0.15) is 13.2 Å². The first-order valence-electron chi connectivity index (χ1n) is 9.14. The molecule has 0 bridgehead atoms. The molecule has 4 nitrogen and oxygen atoms in total. The van der Waals surface area contributed by atoms with Gasteiger partial charge in [-0.1, -0.05) is 41.4 Å². The second kappa shape index (κ2) is 8.77. The molecule has 0 radical (unpaired) electrons. The minimum absolute atomic E-state index is 0.134. The van der Waals surface area contributed by atoms with Gasteiger partial charge in [-0.15, -0.1) is 0 Å². The first-order valence-corrected chi connectivity index (χ1v) is 9.90. The van der Waals surface area contributed by atoms with Gasteiger partial charge < -0.3 is 9.67 Å². The molecule has 162 valence electrons. The van der Waals surface area contributed by atoms with Gasteiger partial charge in [0.25, 0.3) is 0 Å². The molecule has 0 aliphatic carbocycles. The van der Waals surface area contributed by atoms with Crippen LogP contribution in [0.25, 0.3) is 11.3 Å². The fraction of sp³-hybridized carbons (Fsp3) is 0.182. The molecule has 0 unspecified atom stereocenters. The molecule has 0 fully saturated rings. The quantitative estimate of drug-likeness (QED) is 0.487. The normalized spacial score (nSPS) is 11.5. The van der Waals surface area contributed by atoms with Crippen LogP contribution in [0.1, 0.15) is 34.1 Å². The number of aromatic nitrogens is 1. The lowest BCUT2D eigenvalue weighted by atomic mass is 10.0. The van der Waals surface area contributed by atoms with Gasteiger partial charge in [0.15, 0.2) is 5.43 Å². The van der Waals surface area contributed by atoms with E-state index in [0.29, 0.717) is 23.4 Å². The predicted molar refractivity (Wildman–Crippen MR) is 113 cm³/mol. The lowest BCUT2D eigenvalue weighted by molar-refractivity contribution is -0.137. The van der Waals surface area contributed by atoms with Crippen molar-refractivity contribution in [2.75, 3.05) is 0 Å². The Morgan fingerprint density at radius 3 is 2.19 bits per heavy atom. The number of hydrogen-bond donors (Lipinski definition) is 1. The van der Waals surface area contributed by atoms with Crippen molar-refractivity contribution >= 4 is 29.2 Å². The highest BCUT2D eigenvalue weighted by atomic mass is 35.5. The summed E-state index contributed by atoms with van der Waals surface area (Å²) in [6.07, 6.45) is -4.32. The number of carbonyl (C=O) groups is 1. The van der Waals surface area contributed by atoms with E-state index in [9.17, 15) is 27.9 Å². The van der Waals surface area contributed by atoms with Gasteiger partial charge in [-0.3, -0.25) is 4.79 Å². The van der Waals surface area contributed by atoms with Gasteiger partial charge in [0.1, 0.15) is 5.56 Å². The van der Waals surface area contributed by atoms with Crippen molar-refractivity contribution in [1.29, 1.82) is 0 Å². The highest BCUT2D eigenvalue weighted by molar-refractivity contribution is 6.42. The van der Waals surface area contributed by atoms with Crippen LogP contribution in [0.5, 0.6) is 0 Å². The number of halogens is 5. The van der Waals surface area contributed by atoms with Crippen LogP contribution in [-0.4, -0.2) is 15.6 Å². The number of carboxylic acid groups (broad SMARTS) is 1. The molecule has 3 rings (SSSR count). The minimum Gasteiger partial charge on any atom is -0.477 e. The van der Waals surface area contributed by atoms with Crippen LogP contribution < -0.4 is 5.43 Å². The summed E-state index contributed by atoms with van der Waals surface area (Å²) in [7, 11) is 0. The molecule has 1 heterocycles. The smallest absolute Gasteiger partial charge is 0.416 e. The maximum absolute atomic E-state index is 12.8. The zero-order valence-corrected chi connectivity index (χ0v) is 17.6. The number of nitrogens with zero attached hydrogens (tertiary/aromatic N) is 1. The lowest BCUT2D eigenvalue weighted by Gasteiger charge is -2.20. The second-order valence-corrected chi connectivity index (χ2v) is 7.59. The summed E-state index contributed by atoms with van der Waals surface area (Å²) in [6, 6.07) is 10.3. The van der Waals surface area contributed by atoms with Crippen molar-refractivity contribution in [3.05, 3.63) is 91.2 Å². The van der Waals surface area contributed by atoms with E-state index >= 15 is 0 Å². The molecule has 3 aromatic rings. The minimum atomic E-state index is -4.45. The van der Waals surface area contributed by atoms with Gasteiger partial charge in [-0.25, -0.2) is 4.79 Å². The van der Waals surface area contributed by atoms with Crippen molar-refractivity contribution < 1.29 is 23.1 Å². The van der Waals surface area contributed by atoms with Gasteiger partial charge >= 0.3 is 12.1 Å². The van der Waals surface area contributed by atoms with E-state index in [0.717, 1.165) is 12.1 Å². The summed E-state index contributed by atoms with van der Waals surface area (Å²) < 4.78 is 40.1. The van der Waals surface area contributed by atoms with Crippen molar-refractivity contribution in [3.63, 3.8) is 0 Å². The van der Waals surface area contributed by atoms with Crippen molar-refractivity contribution in [2.45, 2.75) is 26.1 Å². The van der Waals surface area contributed by atoms with Crippen molar-refractivity contribution in [3.8, 4) is 11.3 Å². The van der Waals surface area contributed by atoms with E-state index in [1.54, 1.807) is 17.6 Å². The Hall–Kier alpha value is -2.77. The third-order valence-corrected chi connectivity index (χ3v) is 5.53. The Morgan fingerprint density at radius 1 is 1.03 bits per heavy atom. The van der Waals surface area contributed by atoms with E-state index in [1.165, 1.54) is 30.3 Å². The molecule has 0 aliphatic heterocycles. The van der Waals surface area contributed by atoms with E-state index in [4.69, 9.17) is 23.2 Å². The van der Waals surface area contributed by atoms with Gasteiger partial charge in [0, 0.05) is 30.3 Å². The maximum atomic E-state index is 12.8. The Morgan fingerprint density at radius 2 is 1.68 bits per heavy atom. The number of alkyl halides is 3. The van der Waals surface area contributed by atoms with E-state index in [-0.39, 0.29) is 22.2 Å². The fourth-order valence-corrected chi connectivity index (χ4v) is 3.67. The maximum Gasteiger partial charge on any atom is 0.416 e. The Kier molecular flexibility index (Phi) is 6.48. The molecule has 31 heavy (non-hydrogen) atoms. The number of carboxylic acids is 1. The molecular weight excluding hydrogens is 454 g/mol. The van der Waals surface area contributed by atoms with Gasteiger partial charge in [0.2, 0.25) is 0 Å². The lowest BCUT2D eigenvalue weighted by Crippen LogP contribution is -2.23. The predicted octanol–water partition coefficient (Wildman–Crippen LogP) is 6.15. The Bertz CT molecular complexity index is 1200. The summed E-state index contributed by atoms with van der Waals surface area (Å²) in [5, 5.41) is 10.1. The summed E-state index contributed by atoms with van der Waals surface area (Å²) in [4.78, 5) is 24.5. The summed E-state index contributed by atoms with van der Waals surface area (Å²) >= 11 is 12.1. The molecule has 1 N–H and O–H groups in total. The fourth-order valence-electron chi connectivity index (χ4n) is 3.38. The molecule has 0 saturated heterocycles. The number of rotatable bonds is 5. The monoisotopic (exact) mass is 469 g/mol. The summed E-state index contributed by atoms with van der Waals surface area (Å²) in [6.45, 7) is 2.08. The molecular formula is C22H16Cl2F3NO3. The first-order chi connectivity index (χ1) is 14.5. The van der Waals surface area contributed by atoms with Crippen LogP contribution in [0, 0.1) is 0 Å². The molecule has 9 heteroatoms.